The summed E-state index contributed by atoms with van der Waals surface area (Å²) in [5.74, 6) is -1.96. The summed E-state index contributed by atoms with van der Waals surface area (Å²) < 4.78 is 41.6. The molecule has 0 bridgehead atoms. The third kappa shape index (κ3) is 10.3. The number of nitrogens with one attached hydrogen (secondary N) is 1. The molecule has 0 amide bonds. The largest absolute Gasteiger partial charge is 0.452 e. The van der Waals surface area contributed by atoms with Crippen LogP contribution in [0.1, 0.15) is 65.2 Å². The van der Waals surface area contributed by atoms with Gasteiger partial charge in [-0.2, -0.15) is 0 Å². The molecule has 4 rings (SSSR count). The Hall–Kier alpha value is -4.03. The Labute approximate surface area is 301 Å². The highest BCUT2D eigenvalue weighted by atomic mass is 32.2. The normalized spacial score (nSPS) is 22.3. The number of benzene rings is 3. The SMILES string of the molecule is C=CCCS[C@H]1O[C@H]([C@H](N[S@](=O)C(C)(C)C)[C@@H](C)C=C)[C@H](OC(=O)c2ccccc2)[C@H](OC(=O)c2ccccc2)[C@H]1OC(=O)c1ccccc1. The molecular formula is C39H45NO8S2. The minimum Gasteiger partial charge on any atom is -0.452 e. The van der Waals surface area contributed by atoms with Gasteiger partial charge in [-0.1, -0.05) is 73.7 Å². The number of esters is 3. The summed E-state index contributed by atoms with van der Waals surface area (Å²) in [5.41, 5.74) is -0.136. The fourth-order valence-corrected chi connectivity index (χ4v) is 7.23. The monoisotopic (exact) mass is 719 g/mol. The van der Waals surface area contributed by atoms with Crippen molar-refractivity contribution in [3.63, 3.8) is 0 Å². The van der Waals surface area contributed by atoms with E-state index in [2.05, 4.69) is 17.9 Å². The van der Waals surface area contributed by atoms with Gasteiger partial charge in [-0.15, -0.1) is 24.9 Å². The van der Waals surface area contributed by atoms with Crippen molar-refractivity contribution in [2.45, 2.75) is 74.8 Å². The summed E-state index contributed by atoms with van der Waals surface area (Å²) in [6.07, 6.45) is -0.931. The van der Waals surface area contributed by atoms with Crippen LogP contribution in [-0.4, -0.2) is 68.5 Å². The van der Waals surface area contributed by atoms with Gasteiger partial charge in [-0.05, 0) is 75.3 Å². The van der Waals surface area contributed by atoms with Gasteiger partial charge >= 0.3 is 17.9 Å². The summed E-state index contributed by atoms with van der Waals surface area (Å²) in [6.45, 7) is 15.2. The molecule has 266 valence electrons. The molecule has 0 spiro atoms. The maximum Gasteiger partial charge on any atom is 0.338 e. The molecule has 0 radical (unpaired) electrons. The molecule has 0 aromatic heterocycles. The van der Waals surface area contributed by atoms with Crippen LogP contribution in [0.25, 0.3) is 0 Å². The maximum absolute atomic E-state index is 13.8. The van der Waals surface area contributed by atoms with E-state index in [-0.39, 0.29) is 22.6 Å². The second kappa shape index (κ2) is 18.3. The molecule has 1 heterocycles. The highest BCUT2D eigenvalue weighted by molar-refractivity contribution is 7.99. The first-order chi connectivity index (χ1) is 23.9. The molecule has 9 nitrogen and oxygen atoms in total. The highest BCUT2D eigenvalue weighted by Crippen LogP contribution is 2.38. The van der Waals surface area contributed by atoms with Crippen molar-refractivity contribution >= 4 is 40.7 Å². The van der Waals surface area contributed by atoms with E-state index in [0.29, 0.717) is 12.2 Å². The molecule has 1 aliphatic rings. The minimum atomic E-state index is -1.60. The van der Waals surface area contributed by atoms with Crippen LogP contribution in [0, 0.1) is 5.92 Å². The fourth-order valence-electron chi connectivity index (χ4n) is 5.14. The van der Waals surface area contributed by atoms with Crippen molar-refractivity contribution in [3.8, 4) is 0 Å². The molecule has 8 atom stereocenters. The van der Waals surface area contributed by atoms with Crippen LogP contribution in [0.5, 0.6) is 0 Å². The lowest BCUT2D eigenvalue weighted by molar-refractivity contribution is -0.207. The molecule has 1 fully saturated rings. The van der Waals surface area contributed by atoms with Crippen molar-refractivity contribution in [2.75, 3.05) is 5.75 Å². The Morgan fingerprint density at radius 3 is 1.66 bits per heavy atom. The van der Waals surface area contributed by atoms with Crippen LogP contribution in [0.2, 0.25) is 0 Å². The summed E-state index contributed by atoms with van der Waals surface area (Å²) in [6, 6.07) is 24.4. The Bertz CT molecular complexity index is 1610. The average molecular weight is 720 g/mol. The third-order valence-electron chi connectivity index (χ3n) is 7.98. The molecule has 0 unspecified atom stereocenters. The van der Waals surface area contributed by atoms with Crippen molar-refractivity contribution in [1.29, 1.82) is 0 Å². The van der Waals surface area contributed by atoms with E-state index in [1.807, 2.05) is 27.7 Å². The van der Waals surface area contributed by atoms with Gasteiger partial charge in [0.05, 0.1) is 38.5 Å². The van der Waals surface area contributed by atoms with Crippen LogP contribution >= 0.6 is 11.8 Å². The molecule has 0 saturated carbocycles. The molecule has 3 aromatic carbocycles. The van der Waals surface area contributed by atoms with Crippen molar-refractivity contribution < 1.29 is 37.5 Å². The summed E-state index contributed by atoms with van der Waals surface area (Å²) >= 11 is 1.34. The van der Waals surface area contributed by atoms with Gasteiger partial charge in [0.25, 0.3) is 0 Å². The van der Waals surface area contributed by atoms with Crippen molar-refractivity contribution in [1.82, 2.24) is 4.72 Å². The number of thioether (sulfide) groups is 1. The summed E-state index contributed by atoms with van der Waals surface area (Å²) in [4.78, 5) is 41.3. The maximum atomic E-state index is 13.8. The van der Waals surface area contributed by atoms with E-state index in [1.165, 1.54) is 11.8 Å². The molecule has 3 aromatic rings. The van der Waals surface area contributed by atoms with Gasteiger partial charge < -0.3 is 18.9 Å². The zero-order valence-corrected chi connectivity index (χ0v) is 30.4. The number of hydrogen-bond acceptors (Lipinski definition) is 9. The lowest BCUT2D eigenvalue weighted by Gasteiger charge is -2.48. The van der Waals surface area contributed by atoms with Crippen LogP contribution in [-0.2, 0) is 29.9 Å². The molecular weight excluding hydrogens is 675 g/mol. The summed E-state index contributed by atoms with van der Waals surface area (Å²) in [5, 5.41) is 0. The van der Waals surface area contributed by atoms with Gasteiger partial charge in [0.1, 0.15) is 11.5 Å². The van der Waals surface area contributed by atoms with E-state index < -0.39 is 69.5 Å². The van der Waals surface area contributed by atoms with E-state index in [4.69, 9.17) is 18.9 Å². The van der Waals surface area contributed by atoms with Gasteiger partial charge in [-0.25, -0.2) is 23.3 Å². The van der Waals surface area contributed by atoms with Crippen LogP contribution in [0.15, 0.2) is 116 Å². The minimum absolute atomic E-state index is 0.246. The van der Waals surface area contributed by atoms with Crippen molar-refractivity contribution in [3.05, 3.63) is 133 Å². The van der Waals surface area contributed by atoms with Gasteiger partial charge in [0.15, 0.2) is 18.3 Å². The van der Waals surface area contributed by atoms with Crippen LogP contribution in [0.4, 0.5) is 0 Å². The quantitative estimate of drug-likeness (QED) is 0.0772. The molecule has 50 heavy (non-hydrogen) atoms. The number of rotatable bonds is 15. The zero-order chi connectivity index (χ0) is 36.3. The zero-order valence-electron chi connectivity index (χ0n) is 28.8. The van der Waals surface area contributed by atoms with Gasteiger partial charge in [0, 0.05) is 0 Å². The lowest BCUT2D eigenvalue weighted by Crippen LogP contribution is -2.66. The molecule has 1 aliphatic heterocycles. The Balaban J connectivity index is 1.89. The average Bonchev–Trinajstić information content (AvgIpc) is 3.12. The van der Waals surface area contributed by atoms with Crippen LogP contribution < -0.4 is 4.72 Å². The molecule has 11 heteroatoms. The smallest absolute Gasteiger partial charge is 0.338 e. The number of carbonyl (C=O) groups excluding carboxylic acids is 3. The van der Waals surface area contributed by atoms with E-state index in [0.717, 1.165) is 0 Å². The Morgan fingerprint density at radius 2 is 1.24 bits per heavy atom. The second-order valence-electron chi connectivity index (χ2n) is 12.7. The van der Waals surface area contributed by atoms with E-state index in [1.54, 1.807) is 103 Å². The molecule has 1 N–H and O–H groups in total. The highest BCUT2D eigenvalue weighted by Gasteiger charge is 2.55. The molecule has 0 aliphatic carbocycles. The first-order valence-corrected chi connectivity index (χ1v) is 18.6. The topological polar surface area (TPSA) is 117 Å². The summed E-state index contributed by atoms with van der Waals surface area (Å²) in [7, 11) is -1.60. The fraction of sp³-hybridized carbons (Fsp3) is 0.359. The number of carbonyl (C=O) groups is 3. The lowest BCUT2D eigenvalue weighted by atomic mass is 9.88. The second-order valence-corrected chi connectivity index (χ2v) is 15.9. The Morgan fingerprint density at radius 1 is 0.800 bits per heavy atom. The van der Waals surface area contributed by atoms with E-state index >= 15 is 0 Å². The van der Waals surface area contributed by atoms with Gasteiger partial charge in [0.2, 0.25) is 0 Å². The predicted octanol–water partition coefficient (Wildman–Crippen LogP) is 6.94. The van der Waals surface area contributed by atoms with E-state index in [9.17, 15) is 18.6 Å². The predicted molar refractivity (Wildman–Crippen MR) is 197 cm³/mol. The van der Waals surface area contributed by atoms with Crippen molar-refractivity contribution in [2.24, 2.45) is 5.92 Å². The number of hydrogen-bond donors (Lipinski definition) is 1. The molecule has 1 saturated heterocycles. The third-order valence-corrected chi connectivity index (χ3v) is 10.8. The Kier molecular flexibility index (Phi) is 14.2. The first kappa shape index (κ1) is 38.8. The number of allylic oxidation sites excluding steroid dienone is 1. The number of ether oxygens (including phenoxy) is 4. The van der Waals surface area contributed by atoms with Crippen LogP contribution in [0.3, 0.4) is 0 Å². The van der Waals surface area contributed by atoms with Gasteiger partial charge in [-0.3, -0.25) is 0 Å². The first-order valence-electron chi connectivity index (χ1n) is 16.4. The standard InChI is InChI=1S/C39H45NO8S2/c1-7-9-25-49-38-34(47-37(43)29-23-17-12-18-24-29)33(46-36(42)28-21-15-11-16-22-28)32(45-35(41)27-19-13-10-14-20-27)31(48-38)30(26(3)8-2)40-50(44)39(4,5)6/h7-8,10-24,26,30-34,38,40H,1-2,9,25H2,3-6H3/t26-,30+,31+,32-,33-,34+,38+,50+/m0/s1.